The van der Waals surface area contributed by atoms with Crippen LogP contribution in [0, 0.1) is 0 Å². The summed E-state index contributed by atoms with van der Waals surface area (Å²) in [6, 6.07) is 4.98. The third-order valence-corrected chi connectivity index (χ3v) is 3.30. The van der Waals surface area contributed by atoms with E-state index in [-0.39, 0.29) is 23.9 Å². The van der Waals surface area contributed by atoms with Crippen molar-refractivity contribution >= 4 is 22.7 Å². The number of fused-ring (bicyclic) bond motifs is 1. The van der Waals surface area contributed by atoms with Crippen LogP contribution in [0.25, 0.3) is 11.0 Å². The second kappa shape index (κ2) is 4.38. The zero-order valence-corrected chi connectivity index (χ0v) is 10.2. The summed E-state index contributed by atoms with van der Waals surface area (Å²) in [6.45, 7) is 0.785. The van der Waals surface area contributed by atoms with Gasteiger partial charge in [0.15, 0.2) is 5.78 Å². The van der Waals surface area contributed by atoms with Gasteiger partial charge in [0.05, 0.1) is 17.6 Å². The number of amides is 1. The first-order valence-corrected chi connectivity index (χ1v) is 6.16. The minimum atomic E-state index is -0.298. The molecule has 1 aliphatic heterocycles. The number of piperidine rings is 1. The summed E-state index contributed by atoms with van der Waals surface area (Å²) in [6.07, 6.45) is 1.27. The van der Waals surface area contributed by atoms with Crippen LogP contribution >= 0.6 is 0 Å². The predicted octanol–water partition coefficient (Wildman–Crippen LogP) is 0.661. The average Bonchev–Trinajstić information content (AvgIpc) is 2.76. The molecule has 0 saturated carbocycles. The molecule has 1 aromatic heterocycles. The molecule has 0 aliphatic carbocycles. The number of aromatic amines is 2. The summed E-state index contributed by atoms with van der Waals surface area (Å²) >= 11 is 0. The van der Waals surface area contributed by atoms with Crippen LogP contribution in [0.2, 0.25) is 0 Å². The van der Waals surface area contributed by atoms with Crippen LogP contribution in [-0.4, -0.2) is 39.6 Å². The molecule has 0 unspecified atom stereocenters. The fourth-order valence-corrected chi connectivity index (χ4v) is 2.36. The van der Waals surface area contributed by atoms with Crippen molar-refractivity contribution in [3.8, 4) is 0 Å². The maximum atomic E-state index is 12.3. The van der Waals surface area contributed by atoms with Gasteiger partial charge in [-0.1, -0.05) is 0 Å². The number of likely N-dealkylation sites (tertiary alicyclic amines) is 1. The van der Waals surface area contributed by atoms with Crippen LogP contribution in [0.1, 0.15) is 23.2 Å². The zero-order valence-electron chi connectivity index (χ0n) is 10.2. The summed E-state index contributed by atoms with van der Waals surface area (Å²) in [4.78, 5) is 41.6. The van der Waals surface area contributed by atoms with Gasteiger partial charge in [0.1, 0.15) is 0 Å². The highest BCUT2D eigenvalue weighted by molar-refractivity contribution is 5.99. The summed E-state index contributed by atoms with van der Waals surface area (Å²) in [5.74, 6) is -0.0762. The number of carbonyl (C=O) groups excluding carboxylic acids is 2. The van der Waals surface area contributed by atoms with E-state index in [0.717, 1.165) is 0 Å². The van der Waals surface area contributed by atoms with Gasteiger partial charge in [0, 0.05) is 18.5 Å². The smallest absolute Gasteiger partial charge is 0.323 e. The van der Waals surface area contributed by atoms with Crippen molar-refractivity contribution in [2.45, 2.75) is 12.8 Å². The average molecular weight is 259 g/mol. The highest BCUT2D eigenvalue weighted by Crippen LogP contribution is 2.15. The second-order valence-corrected chi connectivity index (χ2v) is 4.71. The first-order chi connectivity index (χ1) is 9.13. The van der Waals surface area contributed by atoms with E-state index in [1.54, 1.807) is 23.1 Å². The molecular formula is C13H13N3O3. The number of nitrogens with zero attached hydrogens (tertiary/aromatic N) is 1. The Morgan fingerprint density at radius 3 is 2.74 bits per heavy atom. The lowest BCUT2D eigenvalue weighted by Crippen LogP contribution is -2.40. The van der Waals surface area contributed by atoms with Crippen molar-refractivity contribution in [1.29, 1.82) is 0 Å². The van der Waals surface area contributed by atoms with E-state index in [9.17, 15) is 14.4 Å². The first kappa shape index (κ1) is 11.7. The number of nitrogens with one attached hydrogen (secondary N) is 2. The van der Waals surface area contributed by atoms with Crippen molar-refractivity contribution in [1.82, 2.24) is 14.9 Å². The molecule has 0 atom stereocenters. The lowest BCUT2D eigenvalue weighted by molar-refractivity contribution is -0.121. The SMILES string of the molecule is O=C1CCCN(C(=O)c2ccc3[nH]c(=O)[nH]c3c2)C1. The van der Waals surface area contributed by atoms with Crippen LogP contribution in [0.3, 0.4) is 0 Å². The standard InChI is InChI=1S/C13H13N3O3/c17-9-2-1-5-16(7-9)12(18)8-3-4-10-11(6-8)15-13(19)14-10/h3-4,6H,1-2,5,7H2,(H2,14,15,19). The van der Waals surface area contributed by atoms with Gasteiger partial charge in [0.25, 0.3) is 5.91 Å². The van der Waals surface area contributed by atoms with Crippen molar-refractivity contribution < 1.29 is 9.59 Å². The van der Waals surface area contributed by atoms with Gasteiger partial charge >= 0.3 is 5.69 Å². The van der Waals surface area contributed by atoms with E-state index in [4.69, 9.17) is 0 Å². The fraction of sp³-hybridized carbons (Fsp3) is 0.308. The maximum Gasteiger partial charge on any atom is 0.323 e. The molecule has 2 heterocycles. The number of aromatic nitrogens is 2. The Labute approximate surface area is 108 Å². The van der Waals surface area contributed by atoms with Gasteiger partial charge in [-0.05, 0) is 24.6 Å². The molecule has 3 rings (SSSR count). The molecular weight excluding hydrogens is 246 g/mol. The molecule has 2 aromatic rings. The van der Waals surface area contributed by atoms with E-state index in [1.807, 2.05) is 0 Å². The third-order valence-electron chi connectivity index (χ3n) is 3.30. The number of rotatable bonds is 1. The Hall–Kier alpha value is -2.37. The highest BCUT2D eigenvalue weighted by Gasteiger charge is 2.22. The van der Waals surface area contributed by atoms with Gasteiger partial charge in [-0.2, -0.15) is 0 Å². The van der Waals surface area contributed by atoms with Crippen molar-refractivity contribution in [3.63, 3.8) is 0 Å². The number of ketones is 1. The van der Waals surface area contributed by atoms with E-state index < -0.39 is 0 Å². The van der Waals surface area contributed by atoms with Gasteiger partial charge < -0.3 is 14.9 Å². The van der Waals surface area contributed by atoms with E-state index >= 15 is 0 Å². The van der Waals surface area contributed by atoms with Crippen molar-refractivity contribution in [2.75, 3.05) is 13.1 Å². The molecule has 1 aromatic carbocycles. The normalized spacial score (nSPS) is 16.0. The van der Waals surface area contributed by atoms with Gasteiger partial charge in [0.2, 0.25) is 0 Å². The predicted molar refractivity (Wildman–Crippen MR) is 69.1 cm³/mol. The lowest BCUT2D eigenvalue weighted by atomic mass is 10.1. The highest BCUT2D eigenvalue weighted by atomic mass is 16.2. The Bertz CT molecular complexity index is 713. The van der Waals surface area contributed by atoms with Crippen LogP contribution in [0.5, 0.6) is 0 Å². The fourth-order valence-electron chi connectivity index (χ4n) is 2.36. The minimum Gasteiger partial charge on any atom is -0.331 e. The molecule has 98 valence electrons. The molecule has 0 radical (unpaired) electrons. The first-order valence-electron chi connectivity index (χ1n) is 6.16. The molecule has 6 heteroatoms. The van der Waals surface area contributed by atoms with Crippen molar-refractivity contribution in [3.05, 3.63) is 34.2 Å². The maximum absolute atomic E-state index is 12.3. The Balaban J connectivity index is 1.92. The topological polar surface area (TPSA) is 86.0 Å². The largest absolute Gasteiger partial charge is 0.331 e. The molecule has 0 spiro atoms. The number of imidazole rings is 1. The Kier molecular flexibility index (Phi) is 2.70. The molecule has 19 heavy (non-hydrogen) atoms. The lowest BCUT2D eigenvalue weighted by Gasteiger charge is -2.25. The number of hydrogen-bond donors (Lipinski definition) is 2. The second-order valence-electron chi connectivity index (χ2n) is 4.71. The molecule has 1 fully saturated rings. The zero-order chi connectivity index (χ0) is 13.4. The Morgan fingerprint density at radius 2 is 1.95 bits per heavy atom. The van der Waals surface area contributed by atoms with Gasteiger partial charge in [-0.15, -0.1) is 0 Å². The third kappa shape index (κ3) is 2.16. The Morgan fingerprint density at radius 1 is 1.16 bits per heavy atom. The van der Waals surface area contributed by atoms with E-state index in [1.165, 1.54) is 0 Å². The van der Waals surface area contributed by atoms with E-state index in [0.29, 0.717) is 36.0 Å². The molecule has 1 aliphatic rings. The van der Waals surface area contributed by atoms with Crippen LogP contribution in [-0.2, 0) is 4.79 Å². The molecule has 6 nitrogen and oxygen atoms in total. The number of Topliss-reactive ketones (excluding diaryl/α,β-unsaturated/α-hetero) is 1. The summed E-state index contributed by atoms with van der Waals surface area (Å²) in [7, 11) is 0. The van der Waals surface area contributed by atoms with E-state index in [2.05, 4.69) is 9.97 Å². The van der Waals surface area contributed by atoms with Crippen molar-refractivity contribution in [2.24, 2.45) is 0 Å². The molecule has 0 bridgehead atoms. The number of hydrogen-bond acceptors (Lipinski definition) is 3. The minimum absolute atomic E-state index is 0.0933. The van der Waals surface area contributed by atoms with Crippen LogP contribution in [0.15, 0.2) is 23.0 Å². The summed E-state index contributed by atoms with van der Waals surface area (Å²) in [5.41, 5.74) is 1.45. The van der Waals surface area contributed by atoms with Crippen LogP contribution < -0.4 is 5.69 Å². The molecule has 1 amide bonds. The summed E-state index contributed by atoms with van der Waals surface area (Å²) < 4.78 is 0. The van der Waals surface area contributed by atoms with Crippen LogP contribution in [0.4, 0.5) is 0 Å². The summed E-state index contributed by atoms with van der Waals surface area (Å²) in [5, 5.41) is 0. The molecule has 1 saturated heterocycles. The quantitative estimate of drug-likeness (QED) is 0.788. The molecule has 2 N–H and O–H groups in total. The van der Waals surface area contributed by atoms with Gasteiger partial charge in [-0.3, -0.25) is 9.59 Å². The van der Waals surface area contributed by atoms with Gasteiger partial charge in [-0.25, -0.2) is 4.79 Å². The number of H-pyrrole nitrogens is 2. The number of carbonyl (C=O) groups is 2. The monoisotopic (exact) mass is 259 g/mol. The number of benzene rings is 1.